The number of hydrogen-bond donors (Lipinski definition) is 3. The van der Waals surface area contributed by atoms with Crippen molar-refractivity contribution in [2.24, 2.45) is 0 Å². The largest absolute Gasteiger partial charge is 0.364 e. The fraction of sp³-hybridized carbons (Fsp3) is 0.316. The number of nitrogens with zero attached hydrogens (tertiary/aromatic N) is 1. The number of aromatic nitrogens is 1. The highest BCUT2D eigenvalue weighted by Gasteiger charge is 2.08. The van der Waals surface area contributed by atoms with Crippen molar-refractivity contribution in [3.8, 4) is 0 Å². The molecule has 0 spiro atoms. The fourth-order valence-corrected chi connectivity index (χ4v) is 2.29. The molecule has 6 heteroatoms. The van der Waals surface area contributed by atoms with Crippen LogP contribution < -0.4 is 16.0 Å². The Balaban J connectivity index is 1.98. The second-order valence-electron chi connectivity index (χ2n) is 5.68. The Morgan fingerprint density at radius 2 is 1.80 bits per heavy atom. The van der Waals surface area contributed by atoms with Crippen LogP contribution in [0.3, 0.4) is 0 Å². The van der Waals surface area contributed by atoms with Gasteiger partial charge in [-0.1, -0.05) is 19.1 Å². The number of amides is 2. The van der Waals surface area contributed by atoms with Gasteiger partial charge < -0.3 is 16.0 Å². The molecule has 2 aromatic rings. The van der Waals surface area contributed by atoms with Crippen molar-refractivity contribution in [1.29, 1.82) is 0 Å². The summed E-state index contributed by atoms with van der Waals surface area (Å²) in [6.45, 7) is 6.31. The fourth-order valence-electron chi connectivity index (χ4n) is 2.29. The average Bonchev–Trinajstić information content (AvgIpc) is 2.63. The van der Waals surface area contributed by atoms with Crippen molar-refractivity contribution in [3.63, 3.8) is 0 Å². The molecular weight excluding hydrogens is 316 g/mol. The minimum atomic E-state index is -0.126. The molecule has 25 heavy (non-hydrogen) atoms. The Morgan fingerprint density at radius 1 is 1.08 bits per heavy atom. The zero-order chi connectivity index (χ0) is 18.2. The van der Waals surface area contributed by atoms with E-state index in [0.717, 1.165) is 11.3 Å². The minimum absolute atomic E-state index is 0.00433. The van der Waals surface area contributed by atoms with E-state index in [9.17, 15) is 9.59 Å². The highest BCUT2D eigenvalue weighted by molar-refractivity contribution is 5.94. The highest BCUT2D eigenvalue weighted by Crippen LogP contribution is 2.20. The van der Waals surface area contributed by atoms with Crippen LogP contribution in [-0.2, 0) is 4.79 Å². The molecule has 1 unspecified atom stereocenters. The van der Waals surface area contributed by atoms with Gasteiger partial charge in [0.1, 0.15) is 5.82 Å². The third-order valence-corrected chi connectivity index (χ3v) is 3.74. The molecule has 0 radical (unpaired) electrons. The number of anilines is 2. The maximum absolute atomic E-state index is 11.7. The molecule has 0 bridgehead atoms. The molecule has 0 saturated heterocycles. The first kappa shape index (κ1) is 18.4. The molecule has 1 aromatic carbocycles. The first-order chi connectivity index (χ1) is 12.0. The van der Waals surface area contributed by atoms with Gasteiger partial charge in [-0.3, -0.25) is 9.59 Å². The Bertz CT molecular complexity index is 711. The summed E-state index contributed by atoms with van der Waals surface area (Å²) < 4.78 is 0. The Morgan fingerprint density at radius 3 is 2.36 bits per heavy atom. The molecule has 0 saturated carbocycles. The molecule has 1 heterocycles. The van der Waals surface area contributed by atoms with Gasteiger partial charge in [0.25, 0.3) is 5.91 Å². The van der Waals surface area contributed by atoms with Gasteiger partial charge in [-0.25, -0.2) is 4.98 Å². The Kier molecular flexibility index (Phi) is 6.51. The van der Waals surface area contributed by atoms with Gasteiger partial charge in [-0.05, 0) is 43.7 Å². The van der Waals surface area contributed by atoms with Gasteiger partial charge in [0, 0.05) is 30.9 Å². The lowest BCUT2D eigenvalue weighted by Crippen LogP contribution is -2.22. The summed E-state index contributed by atoms with van der Waals surface area (Å²) in [5.74, 6) is 0.568. The first-order valence-corrected chi connectivity index (χ1v) is 8.44. The number of benzene rings is 1. The zero-order valence-electron chi connectivity index (χ0n) is 14.8. The van der Waals surface area contributed by atoms with E-state index in [-0.39, 0.29) is 17.9 Å². The number of hydrogen-bond acceptors (Lipinski definition) is 4. The molecule has 1 atom stereocenters. The zero-order valence-corrected chi connectivity index (χ0v) is 14.8. The van der Waals surface area contributed by atoms with Crippen LogP contribution in [0, 0.1) is 0 Å². The van der Waals surface area contributed by atoms with Gasteiger partial charge >= 0.3 is 0 Å². The molecule has 1 aromatic heterocycles. The van der Waals surface area contributed by atoms with Crippen molar-refractivity contribution >= 4 is 23.3 Å². The topological polar surface area (TPSA) is 83.1 Å². The van der Waals surface area contributed by atoms with E-state index < -0.39 is 0 Å². The van der Waals surface area contributed by atoms with E-state index in [0.29, 0.717) is 24.3 Å². The summed E-state index contributed by atoms with van der Waals surface area (Å²) in [4.78, 5) is 27.4. The normalized spacial score (nSPS) is 11.5. The third-order valence-electron chi connectivity index (χ3n) is 3.74. The van der Waals surface area contributed by atoms with E-state index in [1.54, 1.807) is 18.3 Å². The summed E-state index contributed by atoms with van der Waals surface area (Å²) in [6.07, 6.45) is 2.01. The standard InChI is InChI=1S/C19H24N4O2/c1-4-18(24)23-16-9-6-14(7-10-16)13(3)22-17-11-8-15(12-21-17)19(25)20-5-2/h6-13H,4-5H2,1-3H3,(H,20,25)(H,21,22)(H,23,24). The van der Waals surface area contributed by atoms with Crippen LogP contribution >= 0.6 is 0 Å². The van der Waals surface area contributed by atoms with Crippen LogP contribution in [0.25, 0.3) is 0 Å². The van der Waals surface area contributed by atoms with Gasteiger partial charge in [-0.15, -0.1) is 0 Å². The maximum atomic E-state index is 11.7. The number of carbonyl (C=O) groups is 2. The van der Waals surface area contributed by atoms with Crippen molar-refractivity contribution < 1.29 is 9.59 Å². The molecule has 3 N–H and O–H groups in total. The number of nitrogens with one attached hydrogen (secondary N) is 3. The molecule has 0 fully saturated rings. The number of carbonyl (C=O) groups excluding carboxylic acids is 2. The van der Waals surface area contributed by atoms with Gasteiger partial charge in [-0.2, -0.15) is 0 Å². The lowest BCUT2D eigenvalue weighted by atomic mass is 10.1. The lowest BCUT2D eigenvalue weighted by Gasteiger charge is -2.16. The molecule has 0 aliphatic carbocycles. The molecule has 0 aliphatic heterocycles. The van der Waals surface area contributed by atoms with Crippen LogP contribution in [-0.4, -0.2) is 23.3 Å². The van der Waals surface area contributed by atoms with Crippen molar-refractivity contribution in [2.75, 3.05) is 17.2 Å². The SMILES string of the molecule is CCNC(=O)c1ccc(NC(C)c2ccc(NC(=O)CC)cc2)nc1. The Labute approximate surface area is 148 Å². The summed E-state index contributed by atoms with van der Waals surface area (Å²) in [7, 11) is 0. The molecule has 2 amide bonds. The molecular formula is C19H24N4O2. The predicted molar refractivity (Wildman–Crippen MR) is 99.6 cm³/mol. The number of pyridine rings is 1. The van der Waals surface area contributed by atoms with Gasteiger partial charge in [0.15, 0.2) is 0 Å². The van der Waals surface area contributed by atoms with Crippen molar-refractivity contribution in [1.82, 2.24) is 10.3 Å². The van der Waals surface area contributed by atoms with Crippen LogP contribution in [0.15, 0.2) is 42.6 Å². The van der Waals surface area contributed by atoms with Gasteiger partial charge in [0.05, 0.1) is 5.56 Å². The summed E-state index contributed by atoms with van der Waals surface area (Å²) in [5, 5.41) is 8.86. The van der Waals surface area contributed by atoms with E-state index in [1.165, 1.54) is 0 Å². The van der Waals surface area contributed by atoms with Crippen LogP contribution in [0.5, 0.6) is 0 Å². The van der Waals surface area contributed by atoms with Crippen LogP contribution in [0.1, 0.15) is 49.2 Å². The molecule has 6 nitrogen and oxygen atoms in total. The second kappa shape index (κ2) is 8.82. The van der Waals surface area contributed by atoms with E-state index in [1.807, 2.05) is 45.0 Å². The van der Waals surface area contributed by atoms with Crippen molar-refractivity contribution in [2.45, 2.75) is 33.2 Å². The highest BCUT2D eigenvalue weighted by atomic mass is 16.2. The van der Waals surface area contributed by atoms with E-state index in [2.05, 4.69) is 20.9 Å². The summed E-state index contributed by atoms with van der Waals surface area (Å²) in [5.41, 5.74) is 2.40. The smallest absolute Gasteiger partial charge is 0.252 e. The number of rotatable bonds is 7. The third kappa shape index (κ3) is 5.31. The van der Waals surface area contributed by atoms with E-state index >= 15 is 0 Å². The van der Waals surface area contributed by atoms with Crippen molar-refractivity contribution in [3.05, 3.63) is 53.7 Å². The quantitative estimate of drug-likeness (QED) is 0.722. The predicted octanol–water partition coefficient (Wildman–Crippen LogP) is 3.35. The molecule has 132 valence electrons. The molecule has 2 rings (SSSR count). The average molecular weight is 340 g/mol. The molecule has 0 aliphatic rings. The Hall–Kier alpha value is -2.89. The maximum Gasteiger partial charge on any atom is 0.252 e. The van der Waals surface area contributed by atoms with Crippen LogP contribution in [0.4, 0.5) is 11.5 Å². The van der Waals surface area contributed by atoms with Gasteiger partial charge in [0.2, 0.25) is 5.91 Å². The summed E-state index contributed by atoms with van der Waals surface area (Å²) in [6, 6.07) is 11.3. The lowest BCUT2D eigenvalue weighted by molar-refractivity contribution is -0.115. The van der Waals surface area contributed by atoms with E-state index in [4.69, 9.17) is 0 Å². The first-order valence-electron chi connectivity index (χ1n) is 8.44. The monoisotopic (exact) mass is 340 g/mol. The van der Waals surface area contributed by atoms with Crippen LogP contribution in [0.2, 0.25) is 0 Å². The second-order valence-corrected chi connectivity index (χ2v) is 5.68. The summed E-state index contributed by atoms with van der Waals surface area (Å²) >= 11 is 0. The minimum Gasteiger partial charge on any atom is -0.364 e.